The predicted molar refractivity (Wildman–Crippen MR) is 64.1 cm³/mol. The zero-order valence-electron chi connectivity index (χ0n) is 9.98. The van der Waals surface area contributed by atoms with Gasteiger partial charge in [-0.05, 0) is 23.4 Å². The van der Waals surface area contributed by atoms with E-state index in [0.29, 0.717) is 0 Å². The molecule has 8 heteroatoms. The van der Waals surface area contributed by atoms with Crippen LogP contribution in [0, 0.1) is 11.9 Å². The molecule has 1 aliphatic rings. The SMILES string of the molecule is O=C1CCC([N-]C(=O)c2[c-]c(Cl)cc(F)c2)C(=O)N1.[W+2]. The maximum absolute atomic E-state index is 13.1. The van der Waals surface area contributed by atoms with Gasteiger partial charge < -0.3 is 10.1 Å². The summed E-state index contributed by atoms with van der Waals surface area (Å²) < 4.78 is 13.1. The molecule has 0 bridgehead atoms. The van der Waals surface area contributed by atoms with Crippen molar-refractivity contribution in [1.29, 1.82) is 0 Å². The van der Waals surface area contributed by atoms with Crippen molar-refractivity contribution < 1.29 is 39.8 Å². The molecule has 1 fully saturated rings. The molecule has 0 radical (unpaired) electrons. The first-order valence-corrected chi connectivity index (χ1v) is 5.81. The van der Waals surface area contributed by atoms with Gasteiger partial charge in [-0.3, -0.25) is 14.9 Å². The number of hydrogen-bond donors (Lipinski definition) is 1. The van der Waals surface area contributed by atoms with Gasteiger partial charge in [0.25, 0.3) is 0 Å². The molecule has 0 aromatic heterocycles. The van der Waals surface area contributed by atoms with Crippen LogP contribution < -0.4 is 5.32 Å². The minimum Gasteiger partial charge on any atom is -0.684 e. The summed E-state index contributed by atoms with van der Waals surface area (Å²) in [5.41, 5.74) is -0.158. The molecule has 0 spiro atoms. The summed E-state index contributed by atoms with van der Waals surface area (Å²) in [7, 11) is 0. The monoisotopic (exact) mass is 466 g/mol. The average Bonchev–Trinajstić information content (AvgIpc) is 2.31. The first kappa shape index (κ1) is 16.8. The van der Waals surface area contributed by atoms with E-state index in [-0.39, 0.29) is 44.5 Å². The van der Waals surface area contributed by atoms with Gasteiger partial charge in [-0.1, -0.05) is 6.07 Å². The van der Waals surface area contributed by atoms with Crippen molar-refractivity contribution in [2.75, 3.05) is 0 Å². The third-order valence-electron chi connectivity index (χ3n) is 2.51. The third-order valence-corrected chi connectivity index (χ3v) is 2.72. The van der Waals surface area contributed by atoms with Gasteiger partial charge in [-0.2, -0.15) is 0 Å². The molecule has 20 heavy (non-hydrogen) atoms. The quantitative estimate of drug-likeness (QED) is 0.531. The molecule has 0 aliphatic carbocycles. The summed E-state index contributed by atoms with van der Waals surface area (Å²) >= 11 is 5.57. The number of piperidine rings is 1. The molecule has 1 heterocycles. The Morgan fingerprint density at radius 2 is 2.15 bits per heavy atom. The van der Waals surface area contributed by atoms with Gasteiger partial charge in [0.15, 0.2) is 0 Å². The predicted octanol–water partition coefficient (Wildman–Crippen LogP) is 1.60. The van der Waals surface area contributed by atoms with Crippen LogP contribution in [0.5, 0.6) is 0 Å². The van der Waals surface area contributed by atoms with Crippen molar-refractivity contribution in [1.82, 2.24) is 5.32 Å². The van der Waals surface area contributed by atoms with E-state index in [1.54, 1.807) is 0 Å². The van der Waals surface area contributed by atoms with Gasteiger partial charge >= 0.3 is 21.1 Å². The Morgan fingerprint density at radius 1 is 1.45 bits per heavy atom. The fourth-order valence-corrected chi connectivity index (χ4v) is 1.84. The van der Waals surface area contributed by atoms with Crippen LogP contribution in [-0.4, -0.2) is 23.8 Å². The molecular weight excluding hydrogens is 458 g/mol. The van der Waals surface area contributed by atoms with Crippen molar-refractivity contribution in [3.8, 4) is 0 Å². The topological polar surface area (TPSA) is 77.3 Å². The Balaban J connectivity index is 0.00000200. The fraction of sp³-hybridized carbons (Fsp3) is 0.250. The van der Waals surface area contributed by atoms with Crippen molar-refractivity contribution in [3.63, 3.8) is 0 Å². The first-order chi connectivity index (χ1) is 8.95. The first-order valence-electron chi connectivity index (χ1n) is 5.43. The summed E-state index contributed by atoms with van der Waals surface area (Å²) in [6, 6.07) is 3.44. The van der Waals surface area contributed by atoms with Crippen molar-refractivity contribution >= 4 is 29.3 Å². The number of hydrogen-bond acceptors (Lipinski definition) is 3. The summed E-state index contributed by atoms with van der Waals surface area (Å²) in [5, 5.41) is 5.67. The van der Waals surface area contributed by atoms with E-state index in [2.05, 4.69) is 16.7 Å². The van der Waals surface area contributed by atoms with E-state index in [9.17, 15) is 18.8 Å². The summed E-state index contributed by atoms with van der Waals surface area (Å²) in [5.74, 6) is -2.52. The molecule has 0 saturated carbocycles. The van der Waals surface area contributed by atoms with Crippen LogP contribution in [0.25, 0.3) is 5.32 Å². The van der Waals surface area contributed by atoms with Gasteiger partial charge in [0.1, 0.15) is 0 Å². The second-order valence-electron chi connectivity index (χ2n) is 3.96. The largest absolute Gasteiger partial charge is 2.00 e. The smallest absolute Gasteiger partial charge is 0.684 e. The molecule has 1 saturated heterocycles. The molecule has 1 aromatic carbocycles. The van der Waals surface area contributed by atoms with Gasteiger partial charge in [-0.15, -0.1) is 29.3 Å². The Labute approximate surface area is 133 Å². The Hall–Kier alpha value is -1.26. The zero-order valence-corrected chi connectivity index (χ0v) is 13.7. The second kappa shape index (κ2) is 6.95. The number of carbonyl (C=O) groups is 3. The molecule has 1 N–H and O–H groups in total. The minimum absolute atomic E-state index is 0. The number of rotatable bonds is 2. The van der Waals surface area contributed by atoms with Gasteiger partial charge in [0, 0.05) is 12.2 Å². The van der Waals surface area contributed by atoms with Crippen LogP contribution in [0.3, 0.4) is 0 Å². The van der Waals surface area contributed by atoms with E-state index < -0.39 is 29.6 Å². The standard InChI is InChI=1S/C12H9ClFN2O3.W/c13-7-3-6(4-8(14)5-7)11(18)15-9-1-2-10(17)16-12(9)19;/h4-5,9H,1-2H2,(H2,15,16,17,18,19);/q-1;+2/p-1. The molecule has 104 valence electrons. The van der Waals surface area contributed by atoms with Crippen LogP contribution >= 0.6 is 11.6 Å². The maximum atomic E-state index is 13.1. The zero-order chi connectivity index (χ0) is 14.0. The average molecular weight is 466 g/mol. The van der Waals surface area contributed by atoms with Crippen molar-refractivity contribution in [2.24, 2.45) is 0 Å². The van der Waals surface area contributed by atoms with Gasteiger partial charge in [0.05, 0.1) is 0 Å². The van der Waals surface area contributed by atoms with Crippen LogP contribution in [0.2, 0.25) is 5.02 Å². The molecular formula is C12H8ClFN2O3W. The Morgan fingerprint density at radius 3 is 2.75 bits per heavy atom. The number of halogens is 2. The van der Waals surface area contributed by atoms with E-state index >= 15 is 0 Å². The minimum atomic E-state index is -0.944. The number of nitrogens with one attached hydrogen (secondary N) is 1. The van der Waals surface area contributed by atoms with Gasteiger partial charge in [-0.25, -0.2) is 4.39 Å². The molecule has 3 amide bonds. The van der Waals surface area contributed by atoms with Crippen molar-refractivity contribution in [3.05, 3.63) is 39.9 Å². The van der Waals surface area contributed by atoms with Gasteiger partial charge in [0.2, 0.25) is 11.8 Å². The number of amides is 3. The number of benzene rings is 1. The van der Waals surface area contributed by atoms with Crippen molar-refractivity contribution in [2.45, 2.75) is 18.9 Å². The molecule has 1 unspecified atom stereocenters. The molecule has 5 nitrogen and oxygen atoms in total. The summed E-state index contributed by atoms with van der Waals surface area (Å²) in [6.45, 7) is 0. The maximum Gasteiger partial charge on any atom is 2.00 e. The Kier molecular flexibility index (Phi) is 5.84. The summed E-state index contributed by atoms with van der Waals surface area (Å²) in [4.78, 5) is 34.1. The number of carbonyl (C=O) groups excluding carboxylic acids is 3. The number of imide groups is 1. The molecule has 1 aliphatic heterocycles. The van der Waals surface area contributed by atoms with Crippen LogP contribution in [-0.2, 0) is 30.7 Å². The van der Waals surface area contributed by atoms with E-state index in [1.807, 2.05) is 0 Å². The summed E-state index contributed by atoms with van der Waals surface area (Å²) in [6.07, 6.45) is 0.264. The van der Waals surface area contributed by atoms with Crippen LogP contribution in [0.15, 0.2) is 12.1 Å². The Bertz CT molecular complexity index is 547. The molecule has 1 aromatic rings. The van der Waals surface area contributed by atoms with Crippen LogP contribution in [0.4, 0.5) is 4.39 Å². The molecule has 2 rings (SSSR count). The molecule has 1 atom stereocenters. The van der Waals surface area contributed by atoms with E-state index in [4.69, 9.17) is 11.6 Å². The van der Waals surface area contributed by atoms with E-state index in [0.717, 1.165) is 12.1 Å². The number of nitrogens with zero attached hydrogens (tertiary/aromatic N) is 1. The normalized spacial score (nSPS) is 18.0. The third kappa shape index (κ3) is 4.12. The fourth-order valence-electron chi connectivity index (χ4n) is 1.63. The van der Waals surface area contributed by atoms with Crippen LogP contribution in [0.1, 0.15) is 23.2 Å². The second-order valence-corrected chi connectivity index (χ2v) is 4.37. The van der Waals surface area contributed by atoms with E-state index in [1.165, 1.54) is 0 Å².